The maximum atomic E-state index is 12.4. The zero-order valence-electron chi connectivity index (χ0n) is 12.0. The van der Waals surface area contributed by atoms with Crippen molar-refractivity contribution in [3.05, 3.63) is 0 Å². The molecule has 6 heteroatoms. The van der Waals surface area contributed by atoms with Crippen LogP contribution < -0.4 is 0 Å². The summed E-state index contributed by atoms with van der Waals surface area (Å²) in [6, 6.07) is -0.0463. The third-order valence-corrected chi connectivity index (χ3v) is 5.54. The Bertz CT molecular complexity index is 343. The number of methoxy groups -OCH3 is 1. The number of aliphatic hydroxyl groups is 1. The molecule has 0 spiro atoms. The number of aliphatic hydroxyl groups excluding tert-OH is 1. The summed E-state index contributed by atoms with van der Waals surface area (Å²) >= 11 is 0. The second kappa shape index (κ2) is 8.19. The van der Waals surface area contributed by atoms with Gasteiger partial charge in [0, 0.05) is 26.3 Å². The van der Waals surface area contributed by atoms with Gasteiger partial charge in [-0.2, -0.15) is 4.31 Å². The first kappa shape index (κ1) is 16.9. The summed E-state index contributed by atoms with van der Waals surface area (Å²) in [5.41, 5.74) is 0. The van der Waals surface area contributed by atoms with Crippen LogP contribution in [0.2, 0.25) is 0 Å². The molecule has 2 atom stereocenters. The molecule has 1 aliphatic heterocycles. The topological polar surface area (TPSA) is 66.8 Å². The van der Waals surface area contributed by atoms with Gasteiger partial charge in [-0.3, -0.25) is 0 Å². The predicted molar refractivity (Wildman–Crippen MR) is 75.5 cm³/mol. The number of rotatable bonds is 7. The maximum absolute atomic E-state index is 12.4. The Morgan fingerprint density at radius 3 is 2.74 bits per heavy atom. The maximum Gasteiger partial charge on any atom is 0.214 e. The highest BCUT2D eigenvalue weighted by atomic mass is 32.2. The van der Waals surface area contributed by atoms with Crippen LogP contribution in [-0.4, -0.2) is 56.0 Å². The number of hydrogen-bond donors (Lipinski definition) is 1. The van der Waals surface area contributed by atoms with E-state index in [0.29, 0.717) is 26.0 Å². The Morgan fingerprint density at radius 1 is 1.37 bits per heavy atom. The monoisotopic (exact) mass is 293 g/mol. The Morgan fingerprint density at radius 2 is 2.11 bits per heavy atom. The van der Waals surface area contributed by atoms with Gasteiger partial charge in [-0.25, -0.2) is 8.42 Å². The minimum atomic E-state index is -3.23. The van der Waals surface area contributed by atoms with Gasteiger partial charge in [0.2, 0.25) is 10.0 Å². The van der Waals surface area contributed by atoms with Crippen molar-refractivity contribution >= 4 is 10.0 Å². The molecule has 19 heavy (non-hydrogen) atoms. The van der Waals surface area contributed by atoms with E-state index in [0.717, 1.165) is 25.7 Å². The van der Waals surface area contributed by atoms with Crippen molar-refractivity contribution in [1.29, 1.82) is 0 Å². The minimum absolute atomic E-state index is 0.0463. The lowest BCUT2D eigenvalue weighted by Crippen LogP contribution is -2.42. The molecule has 1 saturated heterocycles. The fourth-order valence-corrected chi connectivity index (χ4v) is 4.42. The van der Waals surface area contributed by atoms with Crippen molar-refractivity contribution in [2.45, 2.75) is 57.6 Å². The van der Waals surface area contributed by atoms with Crippen LogP contribution >= 0.6 is 0 Å². The second-order valence-corrected chi connectivity index (χ2v) is 7.40. The molecule has 1 rings (SSSR count). The van der Waals surface area contributed by atoms with Crippen LogP contribution in [0.4, 0.5) is 0 Å². The van der Waals surface area contributed by atoms with Gasteiger partial charge in [0.05, 0.1) is 11.9 Å². The molecule has 0 bridgehead atoms. The molecule has 0 radical (unpaired) electrons. The highest BCUT2D eigenvalue weighted by molar-refractivity contribution is 7.89. The van der Waals surface area contributed by atoms with E-state index in [1.165, 1.54) is 0 Å². The molecule has 1 aliphatic rings. The molecule has 1 fully saturated rings. The van der Waals surface area contributed by atoms with Crippen molar-refractivity contribution in [2.75, 3.05) is 26.0 Å². The second-order valence-electron chi connectivity index (χ2n) is 5.36. The summed E-state index contributed by atoms with van der Waals surface area (Å²) in [5, 5.41) is 9.55. The predicted octanol–water partition coefficient (Wildman–Crippen LogP) is 1.37. The van der Waals surface area contributed by atoms with E-state index in [2.05, 4.69) is 0 Å². The standard InChI is InChI=1S/C13H27NO4S/c1-12(15)11-13-7-4-3-5-8-14(13)19(16,17)10-6-9-18-2/h12-13,15H,3-11H2,1-2H3. The molecule has 0 aromatic rings. The van der Waals surface area contributed by atoms with Crippen molar-refractivity contribution in [1.82, 2.24) is 4.31 Å². The van der Waals surface area contributed by atoms with Crippen LogP contribution in [0, 0.1) is 0 Å². The van der Waals surface area contributed by atoms with Gasteiger partial charge in [-0.15, -0.1) is 0 Å². The van der Waals surface area contributed by atoms with Gasteiger partial charge < -0.3 is 9.84 Å². The van der Waals surface area contributed by atoms with Crippen LogP contribution in [0.5, 0.6) is 0 Å². The average Bonchev–Trinajstić information content (AvgIpc) is 2.54. The van der Waals surface area contributed by atoms with Gasteiger partial charge in [0.25, 0.3) is 0 Å². The van der Waals surface area contributed by atoms with E-state index in [4.69, 9.17) is 4.74 Å². The average molecular weight is 293 g/mol. The molecule has 0 amide bonds. The highest BCUT2D eigenvalue weighted by Gasteiger charge is 2.31. The summed E-state index contributed by atoms with van der Waals surface area (Å²) in [6.07, 6.45) is 4.48. The van der Waals surface area contributed by atoms with Gasteiger partial charge in [0.15, 0.2) is 0 Å². The summed E-state index contributed by atoms with van der Waals surface area (Å²) < 4.78 is 31.3. The van der Waals surface area contributed by atoms with E-state index in [9.17, 15) is 13.5 Å². The highest BCUT2D eigenvalue weighted by Crippen LogP contribution is 2.24. The Hall–Kier alpha value is -0.170. The minimum Gasteiger partial charge on any atom is -0.393 e. The first-order chi connectivity index (χ1) is 8.97. The van der Waals surface area contributed by atoms with E-state index >= 15 is 0 Å². The number of nitrogens with zero attached hydrogens (tertiary/aromatic N) is 1. The molecule has 1 N–H and O–H groups in total. The van der Waals surface area contributed by atoms with Crippen molar-refractivity contribution in [2.24, 2.45) is 0 Å². The molecule has 5 nitrogen and oxygen atoms in total. The lowest BCUT2D eigenvalue weighted by Gasteiger charge is -2.30. The van der Waals surface area contributed by atoms with Gasteiger partial charge in [0.1, 0.15) is 0 Å². The smallest absolute Gasteiger partial charge is 0.214 e. The quantitative estimate of drug-likeness (QED) is 0.720. The molecular formula is C13H27NO4S. The lowest BCUT2D eigenvalue weighted by molar-refractivity contribution is 0.146. The number of ether oxygens (including phenoxy) is 1. The molecule has 0 saturated carbocycles. The lowest BCUT2D eigenvalue weighted by atomic mass is 10.1. The van der Waals surface area contributed by atoms with Gasteiger partial charge in [-0.05, 0) is 32.6 Å². The first-order valence-electron chi connectivity index (χ1n) is 7.14. The molecular weight excluding hydrogens is 266 g/mol. The fraction of sp³-hybridized carbons (Fsp3) is 1.00. The summed E-state index contributed by atoms with van der Waals surface area (Å²) in [5.74, 6) is 0.136. The van der Waals surface area contributed by atoms with E-state index in [-0.39, 0.29) is 11.8 Å². The summed E-state index contributed by atoms with van der Waals surface area (Å²) in [6.45, 7) is 2.78. The van der Waals surface area contributed by atoms with Gasteiger partial charge in [-0.1, -0.05) is 12.8 Å². The number of hydrogen-bond acceptors (Lipinski definition) is 4. The molecule has 2 unspecified atom stereocenters. The van der Waals surface area contributed by atoms with Gasteiger partial charge >= 0.3 is 0 Å². The van der Waals surface area contributed by atoms with Crippen LogP contribution in [0.1, 0.15) is 45.4 Å². The molecule has 114 valence electrons. The van der Waals surface area contributed by atoms with Crippen molar-refractivity contribution in [3.63, 3.8) is 0 Å². The molecule has 0 aromatic carbocycles. The fourth-order valence-electron chi connectivity index (χ4n) is 2.65. The Labute approximate surface area is 117 Å². The van der Waals surface area contributed by atoms with Crippen LogP contribution in [0.3, 0.4) is 0 Å². The third-order valence-electron chi connectivity index (χ3n) is 3.54. The Balaban J connectivity index is 2.72. The summed E-state index contributed by atoms with van der Waals surface area (Å²) in [4.78, 5) is 0. The Kier molecular flexibility index (Phi) is 7.28. The number of sulfonamides is 1. The van der Waals surface area contributed by atoms with E-state index in [1.807, 2.05) is 0 Å². The first-order valence-corrected chi connectivity index (χ1v) is 8.75. The molecule has 0 aliphatic carbocycles. The van der Waals surface area contributed by atoms with E-state index in [1.54, 1.807) is 18.3 Å². The van der Waals surface area contributed by atoms with Crippen LogP contribution in [0.25, 0.3) is 0 Å². The zero-order chi connectivity index (χ0) is 14.3. The van der Waals surface area contributed by atoms with Crippen molar-refractivity contribution in [3.8, 4) is 0 Å². The SMILES string of the molecule is COCCCS(=O)(=O)N1CCCCCC1CC(C)O. The zero-order valence-corrected chi connectivity index (χ0v) is 12.9. The van der Waals surface area contributed by atoms with Crippen LogP contribution in [-0.2, 0) is 14.8 Å². The molecule has 0 aromatic heterocycles. The van der Waals surface area contributed by atoms with E-state index < -0.39 is 16.1 Å². The normalized spacial score (nSPS) is 24.1. The van der Waals surface area contributed by atoms with Crippen molar-refractivity contribution < 1.29 is 18.3 Å². The summed E-state index contributed by atoms with van der Waals surface area (Å²) in [7, 11) is -1.65. The van der Waals surface area contributed by atoms with Crippen LogP contribution in [0.15, 0.2) is 0 Å². The third kappa shape index (κ3) is 5.77. The largest absolute Gasteiger partial charge is 0.393 e. The molecule has 1 heterocycles.